The van der Waals surface area contributed by atoms with Crippen molar-refractivity contribution in [3.8, 4) is 11.1 Å². The maximum Gasteiger partial charge on any atom is 0.0953 e. The average Bonchev–Trinajstić information content (AvgIpc) is 3.54. The van der Waals surface area contributed by atoms with E-state index < -0.39 is 8.07 Å². The molecule has 7 atom stereocenters. The van der Waals surface area contributed by atoms with Gasteiger partial charge in [-0.3, -0.25) is 0 Å². The zero-order chi connectivity index (χ0) is 37.9. The van der Waals surface area contributed by atoms with Crippen molar-refractivity contribution in [2.75, 3.05) is 0 Å². The number of rotatable bonds is 6. The van der Waals surface area contributed by atoms with Gasteiger partial charge in [0.05, 0.1) is 8.07 Å². The van der Waals surface area contributed by atoms with Crippen LogP contribution in [0.2, 0.25) is 17.1 Å². The Balaban J connectivity index is 1.19. The molecule has 0 bridgehead atoms. The summed E-state index contributed by atoms with van der Waals surface area (Å²) in [5, 5.41) is 7.07. The largest absolute Gasteiger partial charge is 0.0953 e. The zero-order valence-electron chi connectivity index (χ0n) is 33.1. The van der Waals surface area contributed by atoms with Crippen molar-refractivity contribution in [1.29, 1.82) is 0 Å². The zero-order valence-corrected chi connectivity index (χ0v) is 34.1. The third-order valence-electron chi connectivity index (χ3n) is 15.2. The van der Waals surface area contributed by atoms with Crippen LogP contribution in [0.15, 0.2) is 168 Å². The SMILES string of the molecule is CC1=Cc2c(ccc3ccccc23)C1C(C)C1(C2C(C)=Cc3c2ccc2ccccc32)C(C2C(C)=Cc3c(-c4ccccc4)cccc32)[Si]1(C)c1ccccc1. The first-order chi connectivity index (χ1) is 27.3. The monoisotopic (exact) mass is 736 g/mol. The Labute approximate surface area is 333 Å². The Morgan fingerprint density at radius 2 is 1.07 bits per heavy atom. The number of hydrogen-bond acceptors (Lipinski definition) is 0. The lowest BCUT2D eigenvalue weighted by molar-refractivity contribution is 0.344. The van der Waals surface area contributed by atoms with Crippen LogP contribution in [0.1, 0.15) is 78.8 Å². The average molecular weight is 737 g/mol. The maximum atomic E-state index is 2.80. The van der Waals surface area contributed by atoms with Gasteiger partial charge in [0, 0.05) is 17.8 Å². The van der Waals surface area contributed by atoms with E-state index in [4.69, 9.17) is 0 Å². The van der Waals surface area contributed by atoms with Crippen LogP contribution < -0.4 is 5.19 Å². The van der Waals surface area contributed by atoms with Gasteiger partial charge in [-0.05, 0) is 103 Å². The molecule has 7 aromatic carbocycles. The summed E-state index contributed by atoms with van der Waals surface area (Å²) >= 11 is 0. The fraction of sp³-hybridized carbons (Fsp3) is 0.200. The van der Waals surface area contributed by atoms with E-state index >= 15 is 0 Å². The third kappa shape index (κ3) is 4.41. The molecule has 7 unspecified atom stereocenters. The van der Waals surface area contributed by atoms with Gasteiger partial charge in [-0.1, -0.05) is 205 Å². The molecule has 0 N–H and O–H groups in total. The molecule has 7 aromatic rings. The molecule has 0 aromatic heterocycles. The second-order valence-corrected chi connectivity index (χ2v) is 22.0. The van der Waals surface area contributed by atoms with Crippen LogP contribution in [0, 0.1) is 5.92 Å². The summed E-state index contributed by atoms with van der Waals surface area (Å²) in [6, 6.07) is 57.9. The quantitative estimate of drug-likeness (QED) is 0.149. The standard InChI is InChI=1S/C55H48Si/c1-34-31-49-42-23-14-12-19-39(42)27-29-46(49)51(34)37(4)55(53-36(3)33-50-43-24-15-13-20-40(43)28-30-47(50)53)54(56(55,5)41-21-10-7-11-22-41)52-35(2)32-48-44(25-16-26-45(48)52)38-17-8-6-9-18-38/h6-33,37,51-54H,1-5H3. The van der Waals surface area contributed by atoms with Gasteiger partial charge in [-0.25, -0.2) is 0 Å². The first kappa shape index (κ1) is 33.8. The Kier molecular flexibility index (Phi) is 7.39. The van der Waals surface area contributed by atoms with Crippen LogP contribution in [0.3, 0.4) is 0 Å². The van der Waals surface area contributed by atoms with Gasteiger partial charge < -0.3 is 0 Å². The van der Waals surface area contributed by atoms with E-state index in [2.05, 4.69) is 204 Å². The highest BCUT2D eigenvalue weighted by Gasteiger charge is 2.83. The van der Waals surface area contributed by atoms with Crippen LogP contribution >= 0.6 is 0 Å². The van der Waals surface area contributed by atoms with E-state index in [1.165, 1.54) is 77.2 Å². The molecule has 4 aliphatic rings. The summed E-state index contributed by atoms with van der Waals surface area (Å²) in [5.74, 6) is 1.41. The number of fused-ring (bicyclic) bond motifs is 7. The minimum atomic E-state index is -2.35. The summed E-state index contributed by atoms with van der Waals surface area (Å²) in [5.41, 5.74) is 16.6. The molecule has 0 radical (unpaired) electrons. The van der Waals surface area contributed by atoms with Gasteiger partial charge in [0.15, 0.2) is 0 Å². The van der Waals surface area contributed by atoms with Crippen molar-refractivity contribution < 1.29 is 0 Å². The second-order valence-electron chi connectivity index (χ2n) is 17.6. The Morgan fingerprint density at radius 3 is 1.77 bits per heavy atom. The van der Waals surface area contributed by atoms with E-state index in [0.717, 1.165) is 0 Å². The molecule has 1 heteroatoms. The summed E-state index contributed by atoms with van der Waals surface area (Å²) in [4.78, 5) is 0. The highest BCUT2D eigenvalue weighted by atomic mass is 28.3. The molecule has 0 amide bonds. The first-order valence-electron chi connectivity index (χ1n) is 20.7. The molecule has 272 valence electrons. The topological polar surface area (TPSA) is 0 Å². The molecule has 0 saturated carbocycles. The van der Waals surface area contributed by atoms with E-state index in [0.29, 0.717) is 29.2 Å². The van der Waals surface area contributed by atoms with Crippen LogP contribution in [-0.4, -0.2) is 8.07 Å². The third-order valence-corrected chi connectivity index (χ3v) is 21.3. The Bertz CT molecular complexity index is 2840. The van der Waals surface area contributed by atoms with Crippen LogP contribution in [0.5, 0.6) is 0 Å². The van der Waals surface area contributed by atoms with Crippen molar-refractivity contribution >= 4 is 53.0 Å². The normalized spacial score (nSPS) is 26.3. The van der Waals surface area contributed by atoms with Gasteiger partial charge in [0.1, 0.15) is 0 Å². The van der Waals surface area contributed by atoms with Crippen LogP contribution in [0.4, 0.5) is 0 Å². The number of hydrogen-bond donors (Lipinski definition) is 0. The summed E-state index contributed by atoms with van der Waals surface area (Å²) in [6.45, 7) is 12.8. The smallest absolute Gasteiger partial charge is 0.0652 e. The molecule has 1 aliphatic heterocycles. The van der Waals surface area contributed by atoms with Crippen LogP contribution in [0.25, 0.3) is 50.9 Å². The van der Waals surface area contributed by atoms with E-state index in [1.54, 1.807) is 10.8 Å². The van der Waals surface area contributed by atoms with E-state index in [-0.39, 0.29) is 5.04 Å². The predicted octanol–water partition coefficient (Wildman–Crippen LogP) is 14.3. The van der Waals surface area contributed by atoms with Crippen molar-refractivity contribution in [3.05, 3.63) is 202 Å². The molecule has 0 spiro atoms. The van der Waals surface area contributed by atoms with Crippen LogP contribution in [-0.2, 0) is 0 Å². The lowest BCUT2D eigenvalue weighted by atomic mass is 9.65. The Morgan fingerprint density at radius 1 is 0.500 bits per heavy atom. The first-order valence-corrected chi connectivity index (χ1v) is 23.2. The molecule has 1 saturated heterocycles. The highest BCUT2D eigenvalue weighted by molar-refractivity contribution is 7.04. The van der Waals surface area contributed by atoms with Gasteiger partial charge in [-0.2, -0.15) is 0 Å². The molecule has 56 heavy (non-hydrogen) atoms. The predicted molar refractivity (Wildman–Crippen MR) is 242 cm³/mol. The lowest BCUT2D eigenvalue weighted by Crippen LogP contribution is -2.40. The molecule has 1 heterocycles. The fourth-order valence-corrected chi connectivity index (χ4v) is 20.7. The molecular formula is C55H48Si. The van der Waals surface area contributed by atoms with Gasteiger partial charge in [0.2, 0.25) is 0 Å². The highest BCUT2D eigenvalue weighted by Crippen LogP contribution is 2.88. The Hall–Kier alpha value is -5.50. The van der Waals surface area contributed by atoms with Crippen molar-refractivity contribution in [2.45, 2.75) is 62.6 Å². The van der Waals surface area contributed by atoms with Gasteiger partial charge >= 0.3 is 0 Å². The number of allylic oxidation sites excluding steroid dienone is 3. The van der Waals surface area contributed by atoms with E-state index in [9.17, 15) is 0 Å². The minimum absolute atomic E-state index is 0.0276. The summed E-state index contributed by atoms with van der Waals surface area (Å²) < 4.78 is 0. The molecule has 11 rings (SSSR count). The van der Waals surface area contributed by atoms with Gasteiger partial charge in [0.25, 0.3) is 0 Å². The maximum absolute atomic E-state index is 2.80. The fourth-order valence-electron chi connectivity index (χ4n) is 13.1. The van der Waals surface area contributed by atoms with E-state index in [1.807, 2.05) is 0 Å². The molecule has 1 fully saturated rings. The van der Waals surface area contributed by atoms with Crippen molar-refractivity contribution in [1.82, 2.24) is 0 Å². The lowest BCUT2D eigenvalue weighted by Gasteiger charge is -2.41. The molecule has 0 nitrogen and oxygen atoms in total. The minimum Gasteiger partial charge on any atom is -0.0652 e. The number of benzene rings is 7. The van der Waals surface area contributed by atoms with Crippen molar-refractivity contribution in [3.63, 3.8) is 0 Å². The second kappa shape index (κ2) is 12.2. The van der Waals surface area contributed by atoms with Crippen molar-refractivity contribution in [2.24, 2.45) is 5.92 Å². The summed E-state index contributed by atoms with van der Waals surface area (Å²) in [7, 11) is -2.35. The molecule has 3 aliphatic carbocycles. The molecular weight excluding hydrogens is 689 g/mol. The summed E-state index contributed by atoms with van der Waals surface area (Å²) in [6.07, 6.45) is 7.70. The van der Waals surface area contributed by atoms with Gasteiger partial charge in [-0.15, -0.1) is 0 Å².